The number of aryl methyl sites for hydroxylation is 1. The zero-order valence-corrected chi connectivity index (χ0v) is 15.1. The molecule has 0 radical (unpaired) electrons. The van der Waals surface area contributed by atoms with Gasteiger partial charge in [0, 0.05) is 18.2 Å². The minimum absolute atomic E-state index is 0.330. The highest BCUT2D eigenvalue weighted by molar-refractivity contribution is 7.22. The van der Waals surface area contributed by atoms with E-state index in [1.54, 1.807) is 6.07 Å². The van der Waals surface area contributed by atoms with Gasteiger partial charge in [-0.3, -0.25) is 9.89 Å². The summed E-state index contributed by atoms with van der Waals surface area (Å²) in [6.45, 7) is 3.28. The average molecular weight is 364 g/mol. The molecule has 0 bridgehead atoms. The smallest absolute Gasteiger partial charge is 0.308 e. The minimum Gasteiger partial charge on any atom is -0.426 e. The molecule has 0 saturated carbocycles. The topological polar surface area (TPSA) is 79.9 Å². The number of anilines is 2. The first-order valence-electron chi connectivity index (χ1n) is 8.06. The molecule has 0 aliphatic carbocycles. The summed E-state index contributed by atoms with van der Waals surface area (Å²) in [6.07, 6.45) is 0. The number of thiazole rings is 1. The third-order valence-electron chi connectivity index (χ3n) is 3.85. The second-order valence-electron chi connectivity index (χ2n) is 5.84. The van der Waals surface area contributed by atoms with Crippen LogP contribution in [0.5, 0.6) is 5.75 Å². The SMILES string of the molecule is CC(=O)Oc1ccc(Nc2nc3n[nH]c(-c4ccccc4)c3s2)cc1C. The summed E-state index contributed by atoms with van der Waals surface area (Å²) in [5.41, 5.74) is 4.47. The van der Waals surface area contributed by atoms with E-state index >= 15 is 0 Å². The number of hydrogen-bond acceptors (Lipinski definition) is 6. The normalized spacial score (nSPS) is 10.8. The second-order valence-corrected chi connectivity index (χ2v) is 6.83. The largest absolute Gasteiger partial charge is 0.426 e. The number of aromatic amines is 1. The maximum Gasteiger partial charge on any atom is 0.308 e. The van der Waals surface area contributed by atoms with Crippen molar-refractivity contribution < 1.29 is 9.53 Å². The molecule has 0 aliphatic rings. The summed E-state index contributed by atoms with van der Waals surface area (Å²) >= 11 is 1.54. The van der Waals surface area contributed by atoms with E-state index < -0.39 is 0 Å². The van der Waals surface area contributed by atoms with Gasteiger partial charge in [0.25, 0.3) is 0 Å². The van der Waals surface area contributed by atoms with Crippen LogP contribution in [0.3, 0.4) is 0 Å². The summed E-state index contributed by atoms with van der Waals surface area (Å²) < 4.78 is 6.16. The Morgan fingerprint density at radius 2 is 2.00 bits per heavy atom. The van der Waals surface area contributed by atoms with E-state index in [1.165, 1.54) is 18.3 Å². The molecule has 2 N–H and O–H groups in total. The Balaban J connectivity index is 1.61. The molecule has 0 spiro atoms. The lowest BCUT2D eigenvalue weighted by Gasteiger charge is -2.08. The molecule has 6 nitrogen and oxygen atoms in total. The highest BCUT2D eigenvalue weighted by Crippen LogP contribution is 2.34. The van der Waals surface area contributed by atoms with Crippen LogP contribution in [-0.4, -0.2) is 21.2 Å². The molecule has 0 fully saturated rings. The number of benzene rings is 2. The number of nitrogens with one attached hydrogen (secondary N) is 2. The van der Waals surface area contributed by atoms with Gasteiger partial charge in [0.15, 0.2) is 10.8 Å². The first-order chi connectivity index (χ1) is 12.6. The molecule has 0 aliphatic heterocycles. The third kappa shape index (κ3) is 3.16. The second kappa shape index (κ2) is 6.61. The van der Waals surface area contributed by atoms with Gasteiger partial charge in [-0.05, 0) is 30.7 Å². The number of fused-ring (bicyclic) bond motifs is 1. The highest BCUT2D eigenvalue weighted by atomic mass is 32.1. The first-order valence-corrected chi connectivity index (χ1v) is 8.88. The molecule has 2 aromatic carbocycles. The quantitative estimate of drug-likeness (QED) is 0.406. The van der Waals surface area contributed by atoms with E-state index in [4.69, 9.17) is 4.74 Å². The number of rotatable bonds is 4. The van der Waals surface area contributed by atoms with Gasteiger partial charge < -0.3 is 10.1 Å². The van der Waals surface area contributed by atoms with Gasteiger partial charge in [0.2, 0.25) is 0 Å². The number of nitrogens with zero attached hydrogens (tertiary/aromatic N) is 2. The Bertz CT molecular complexity index is 1090. The number of aromatic nitrogens is 3. The van der Waals surface area contributed by atoms with Gasteiger partial charge in [0.1, 0.15) is 10.4 Å². The molecule has 2 aromatic heterocycles. The number of H-pyrrole nitrogens is 1. The van der Waals surface area contributed by atoms with Crippen LogP contribution < -0.4 is 10.1 Å². The fourth-order valence-electron chi connectivity index (χ4n) is 2.68. The molecule has 0 atom stereocenters. The van der Waals surface area contributed by atoms with Gasteiger partial charge >= 0.3 is 5.97 Å². The number of ether oxygens (including phenoxy) is 1. The number of esters is 1. The van der Waals surface area contributed by atoms with E-state index in [2.05, 4.69) is 20.5 Å². The van der Waals surface area contributed by atoms with Crippen molar-refractivity contribution in [3.05, 3.63) is 54.1 Å². The summed E-state index contributed by atoms with van der Waals surface area (Å²) in [6, 6.07) is 15.6. The van der Waals surface area contributed by atoms with Gasteiger partial charge in [-0.1, -0.05) is 41.7 Å². The van der Waals surface area contributed by atoms with Crippen molar-refractivity contribution in [3.63, 3.8) is 0 Å². The predicted octanol–water partition coefficient (Wildman–Crippen LogP) is 4.66. The van der Waals surface area contributed by atoms with Crippen molar-refractivity contribution in [2.75, 3.05) is 5.32 Å². The van der Waals surface area contributed by atoms with Crippen molar-refractivity contribution in [2.45, 2.75) is 13.8 Å². The fraction of sp³-hybridized carbons (Fsp3) is 0.105. The molecular formula is C19H16N4O2S. The van der Waals surface area contributed by atoms with E-state index in [0.717, 1.165) is 32.3 Å². The van der Waals surface area contributed by atoms with E-state index in [-0.39, 0.29) is 5.97 Å². The summed E-state index contributed by atoms with van der Waals surface area (Å²) in [5, 5.41) is 11.4. The van der Waals surface area contributed by atoms with Crippen LogP contribution in [0, 0.1) is 6.92 Å². The number of hydrogen-bond donors (Lipinski definition) is 2. The van der Waals surface area contributed by atoms with Gasteiger partial charge in [-0.15, -0.1) is 0 Å². The maximum absolute atomic E-state index is 11.1. The van der Waals surface area contributed by atoms with Crippen LogP contribution in [0.4, 0.5) is 10.8 Å². The molecule has 4 rings (SSSR count). The van der Waals surface area contributed by atoms with Gasteiger partial charge in [0.05, 0.1) is 5.69 Å². The molecule has 0 saturated heterocycles. The predicted molar refractivity (Wildman–Crippen MR) is 103 cm³/mol. The molecule has 0 amide bonds. The van der Waals surface area contributed by atoms with Crippen LogP contribution in [0.25, 0.3) is 21.6 Å². The molecular weight excluding hydrogens is 348 g/mol. The molecule has 130 valence electrons. The van der Waals surface area contributed by atoms with Crippen LogP contribution in [-0.2, 0) is 4.79 Å². The van der Waals surface area contributed by atoms with Crippen molar-refractivity contribution >= 4 is 38.5 Å². The summed E-state index contributed by atoms with van der Waals surface area (Å²) in [7, 11) is 0. The summed E-state index contributed by atoms with van der Waals surface area (Å²) in [5.74, 6) is 0.229. The molecule has 26 heavy (non-hydrogen) atoms. The third-order valence-corrected chi connectivity index (χ3v) is 4.83. The Morgan fingerprint density at radius 3 is 2.73 bits per heavy atom. The maximum atomic E-state index is 11.1. The van der Waals surface area contributed by atoms with Crippen LogP contribution in [0.15, 0.2) is 48.5 Å². The Morgan fingerprint density at radius 1 is 1.19 bits per heavy atom. The lowest BCUT2D eigenvalue weighted by molar-refractivity contribution is -0.131. The molecule has 0 unspecified atom stereocenters. The lowest BCUT2D eigenvalue weighted by atomic mass is 10.2. The highest BCUT2D eigenvalue weighted by Gasteiger charge is 2.14. The average Bonchev–Trinajstić information content (AvgIpc) is 3.18. The van der Waals surface area contributed by atoms with E-state index in [1.807, 2.05) is 49.4 Å². The van der Waals surface area contributed by atoms with Gasteiger partial charge in [-0.25, -0.2) is 0 Å². The van der Waals surface area contributed by atoms with E-state index in [0.29, 0.717) is 11.4 Å². The zero-order valence-electron chi connectivity index (χ0n) is 14.2. The Labute approximate surface area is 153 Å². The first kappa shape index (κ1) is 16.3. The van der Waals surface area contributed by atoms with Crippen molar-refractivity contribution in [1.29, 1.82) is 0 Å². The molecule has 4 aromatic rings. The summed E-state index contributed by atoms with van der Waals surface area (Å²) in [4.78, 5) is 15.6. The van der Waals surface area contributed by atoms with Crippen molar-refractivity contribution in [2.24, 2.45) is 0 Å². The van der Waals surface area contributed by atoms with Crippen LogP contribution >= 0.6 is 11.3 Å². The number of carbonyl (C=O) groups excluding carboxylic acids is 1. The standard InChI is InChI=1S/C19H16N4O2S/c1-11-10-14(8-9-15(11)25-12(2)24)20-19-21-18-17(26-19)16(22-23-18)13-6-4-3-5-7-13/h3-10H,1-2H3,(H2,20,21,22,23). The number of carbonyl (C=O) groups is 1. The Hall–Kier alpha value is -3.19. The molecule has 7 heteroatoms. The lowest BCUT2D eigenvalue weighted by Crippen LogP contribution is -2.03. The van der Waals surface area contributed by atoms with E-state index in [9.17, 15) is 4.79 Å². The van der Waals surface area contributed by atoms with Crippen molar-refractivity contribution in [3.8, 4) is 17.0 Å². The van der Waals surface area contributed by atoms with Crippen LogP contribution in [0.2, 0.25) is 0 Å². The zero-order chi connectivity index (χ0) is 18.1. The minimum atomic E-state index is -0.330. The monoisotopic (exact) mass is 364 g/mol. The van der Waals surface area contributed by atoms with Crippen LogP contribution in [0.1, 0.15) is 12.5 Å². The van der Waals surface area contributed by atoms with Gasteiger partial charge in [-0.2, -0.15) is 10.1 Å². The van der Waals surface area contributed by atoms with Crippen molar-refractivity contribution in [1.82, 2.24) is 15.2 Å². The fourth-order valence-corrected chi connectivity index (χ4v) is 3.63. The molecule has 2 heterocycles. The Kier molecular flexibility index (Phi) is 4.14.